The Morgan fingerprint density at radius 1 is 1.00 bits per heavy atom. The van der Waals surface area contributed by atoms with Gasteiger partial charge in [0.1, 0.15) is 0 Å². The van der Waals surface area contributed by atoms with Gasteiger partial charge in [0.25, 0.3) is 0 Å². The summed E-state index contributed by atoms with van der Waals surface area (Å²) in [5.74, 6) is 1.34. The zero-order valence-corrected chi connectivity index (χ0v) is 15.0. The fourth-order valence-electron chi connectivity index (χ4n) is 2.60. The van der Waals surface area contributed by atoms with Gasteiger partial charge < -0.3 is 9.13 Å². The van der Waals surface area contributed by atoms with Crippen molar-refractivity contribution in [1.82, 2.24) is 9.13 Å². The van der Waals surface area contributed by atoms with Crippen molar-refractivity contribution < 1.29 is 4.57 Å². The van der Waals surface area contributed by atoms with Crippen LogP contribution in [-0.4, -0.2) is 15.0 Å². The highest BCUT2D eigenvalue weighted by Gasteiger charge is 2.07. The average molecular weight is 336 g/mol. The van der Waals surface area contributed by atoms with Crippen molar-refractivity contribution in [2.75, 3.05) is 0 Å². The first-order valence-electron chi connectivity index (χ1n) is 8.19. The molecule has 7 nitrogen and oxygen atoms in total. The third-order valence-electron chi connectivity index (χ3n) is 4.07. The summed E-state index contributed by atoms with van der Waals surface area (Å²) in [6.07, 6.45) is 2.58. The third-order valence-corrected chi connectivity index (χ3v) is 4.07. The quantitative estimate of drug-likeness (QED) is 0.232. The lowest BCUT2D eigenvalue weighted by Crippen LogP contribution is -2.26. The first kappa shape index (κ1) is 16.8. The molecule has 0 fully saturated rings. The van der Waals surface area contributed by atoms with E-state index in [4.69, 9.17) is 0 Å². The second kappa shape index (κ2) is 7.21. The van der Waals surface area contributed by atoms with Crippen molar-refractivity contribution in [3.63, 3.8) is 0 Å². The zero-order valence-electron chi connectivity index (χ0n) is 15.0. The van der Waals surface area contributed by atoms with E-state index in [0.29, 0.717) is 12.3 Å². The molecule has 0 aliphatic heterocycles. The van der Waals surface area contributed by atoms with Gasteiger partial charge in [0.05, 0.1) is 29.4 Å². The maximum Gasteiger partial charge on any atom is 0.350 e. The van der Waals surface area contributed by atoms with Crippen LogP contribution in [0.15, 0.2) is 69.1 Å². The van der Waals surface area contributed by atoms with Crippen LogP contribution in [0.3, 0.4) is 0 Å². The Balaban J connectivity index is 1.99. The lowest BCUT2D eigenvalue weighted by molar-refractivity contribution is -0.658. The van der Waals surface area contributed by atoms with Crippen molar-refractivity contribution >= 4 is 22.7 Å². The molecule has 1 aromatic carbocycles. The minimum Gasteiger partial charge on any atom is -0.312 e. The number of rotatable bonds is 3. The molecule has 0 aliphatic rings. The number of aromatic nitrogens is 3. The van der Waals surface area contributed by atoms with Gasteiger partial charge in [-0.2, -0.15) is 0 Å². The normalized spacial score (nSPS) is 12.2. The summed E-state index contributed by atoms with van der Waals surface area (Å²) in [5.41, 5.74) is 2.97. The van der Waals surface area contributed by atoms with E-state index in [2.05, 4.69) is 32.6 Å². The van der Waals surface area contributed by atoms with E-state index in [1.54, 1.807) is 0 Å². The predicted octanol–water partition coefficient (Wildman–Crippen LogP) is 2.75. The fraction of sp³-hybridized carbons (Fsp3) is 0.278. The van der Waals surface area contributed by atoms with E-state index >= 15 is 0 Å². The summed E-state index contributed by atoms with van der Waals surface area (Å²) < 4.78 is 5.93. The lowest BCUT2D eigenvalue weighted by atomic mass is 10.3. The van der Waals surface area contributed by atoms with Gasteiger partial charge in [-0.1, -0.05) is 25.1 Å². The molecule has 3 rings (SSSR count). The van der Waals surface area contributed by atoms with Crippen LogP contribution >= 0.6 is 0 Å². The molecular weight excluding hydrogens is 314 g/mol. The molecular formula is C18H22N7+. The number of pyridine rings is 1. The smallest absolute Gasteiger partial charge is 0.312 e. The number of fused-ring (bicyclic) bond motifs is 1. The van der Waals surface area contributed by atoms with Crippen LogP contribution in [0.2, 0.25) is 0 Å². The van der Waals surface area contributed by atoms with Crippen molar-refractivity contribution in [3.8, 4) is 0 Å². The molecule has 0 N–H and O–H groups in total. The molecule has 2 heterocycles. The van der Waals surface area contributed by atoms with Gasteiger partial charge in [-0.25, -0.2) is 4.57 Å². The third kappa shape index (κ3) is 3.40. The minimum absolute atomic E-state index is 0.578. The highest BCUT2D eigenvalue weighted by Crippen LogP contribution is 2.10. The van der Waals surface area contributed by atoms with Gasteiger partial charge in [0, 0.05) is 26.6 Å². The molecule has 0 saturated heterocycles. The molecule has 0 radical (unpaired) electrons. The Bertz CT molecular complexity index is 979. The molecule has 0 saturated carbocycles. The average Bonchev–Trinajstić information content (AvgIpc) is 2.88. The van der Waals surface area contributed by atoms with E-state index < -0.39 is 0 Å². The van der Waals surface area contributed by atoms with Crippen LogP contribution in [0.1, 0.15) is 13.3 Å². The second-order valence-electron chi connectivity index (χ2n) is 5.75. The SMILES string of the molecule is CC/C(N=Nc1cccc[n+]1C)=N/N=c1n(C)c2ccccc2n1C. The van der Waals surface area contributed by atoms with Gasteiger partial charge in [-0.3, -0.25) is 0 Å². The summed E-state index contributed by atoms with van der Waals surface area (Å²) in [6.45, 7) is 1.99. The number of para-hydroxylation sites is 2. The topological polar surface area (TPSA) is 63.2 Å². The van der Waals surface area contributed by atoms with E-state index in [9.17, 15) is 0 Å². The van der Waals surface area contributed by atoms with E-state index in [1.165, 1.54) is 0 Å². The summed E-state index contributed by atoms with van der Waals surface area (Å²) in [5, 5.41) is 17.2. The molecule has 0 spiro atoms. The zero-order chi connectivity index (χ0) is 17.8. The van der Waals surface area contributed by atoms with E-state index in [-0.39, 0.29) is 0 Å². The minimum atomic E-state index is 0.578. The van der Waals surface area contributed by atoms with Crippen molar-refractivity contribution in [2.24, 2.45) is 41.6 Å². The number of imidazole rings is 1. The molecule has 0 bridgehead atoms. The number of aryl methyl sites for hydroxylation is 3. The summed E-state index contributed by atoms with van der Waals surface area (Å²) in [4.78, 5) is 0. The van der Waals surface area contributed by atoms with Crippen LogP contribution in [0, 0.1) is 0 Å². The molecule has 0 aliphatic carbocycles. The number of hydrogen-bond acceptors (Lipinski definition) is 3. The number of amidine groups is 1. The molecule has 7 heteroatoms. The summed E-state index contributed by atoms with van der Waals surface area (Å²) in [7, 11) is 5.89. The molecule has 3 aromatic rings. The Kier molecular flexibility index (Phi) is 4.83. The molecule has 128 valence electrons. The van der Waals surface area contributed by atoms with Gasteiger partial charge in [-0.05, 0) is 23.3 Å². The maximum absolute atomic E-state index is 4.40. The Morgan fingerprint density at radius 2 is 1.64 bits per heavy atom. The highest BCUT2D eigenvalue weighted by atomic mass is 15.3. The first-order chi connectivity index (χ1) is 12.1. The lowest BCUT2D eigenvalue weighted by Gasteiger charge is -1.93. The highest BCUT2D eigenvalue weighted by molar-refractivity contribution is 5.82. The fourth-order valence-corrected chi connectivity index (χ4v) is 2.60. The van der Waals surface area contributed by atoms with Gasteiger partial charge >= 0.3 is 5.82 Å². The Morgan fingerprint density at radius 3 is 2.24 bits per heavy atom. The first-order valence-corrected chi connectivity index (χ1v) is 8.19. The molecule has 0 amide bonds. The molecule has 25 heavy (non-hydrogen) atoms. The predicted molar refractivity (Wildman–Crippen MR) is 97.3 cm³/mol. The monoisotopic (exact) mass is 336 g/mol. The van der Waals surface area contributed by atoms with Crippen LogP contribution < -0.4 is 10.2 Å². The molecule has 0 atom stereocenters. The summed E-state index contributed by atoms with van der Waals surface area (Å²) in [6, 6.07) is 13.9. The van der Waals surface area contributed by atoms with Crippen LogP contribution in [0.4, 0.5) is 5.82 Å². The number of nitrogens with zero attached hydrogens (tertiary/aromatic N) is 7. The van der Waals surface area contributed by atoms with Crippen molar-refractivity contribution in [3.05, 3.63) is 54.3 Å². The second-order valence-corrected chi connectivity index (χ2v) is 5.75. The van der Waals surface area contributed by atoms with Crippen LogP contribution in [0.5, 0.6) is 0 Å². The Hall–Kier alpha value is -3.09. The van der Waals surface area contributed by atoms with Crippen LogP contribution in [-0.2, 0) is 21.1 Å². The van der Waals surface area contributed by atoms with Crippen molar-refractivity contribution in [1.29, 1.82) is 0 Å². The molecule has 2 aromatic heterocycles. The van der Waals surface area contributed by atoms with E-state index in [1.807, 2.05) is 78.3 Å². The largest absolute Gasteiger partial charge is 0.350 e. The van der Waals surface area contributed by atoms with Gasteiger partial charge in [0.2, 0.25) is 5.62 Å². The van der Waals surface area contributed by atoms with Gasteiger partial charge in [0.15, 0.2) is 5.84 Å². The number of azo groups is 1. The maximum atomic E-state index is 4.40. The van der Waals surface area contributed by atoms with Gasteiger partial charge in [-0.15, -0.1) is 10.2 Å². The van der Waals surface area contributed by atoms with Crippen molar-refractivity contribution in [2.45, 2.75) is 13.3 Å². The van der Waals surface area contributed by atoms with Crippen LogP contribution in [0.25, 0.3) is 11.0 Å². The molecule has 0 unspecified atom stereocenters. The number of hydrogen-bond donors (Lipinski definition) is 0. The number of benzene rings is 1. The Labute approximate surface area is 146 Å². The van der Waals surface area contributed by atoms with E-state index in [0.717, 1.165) is 22.5 Å². The summed E-state index contributed by atoms with van der Waals surface area (Å²) >= 11 is 0. The standard InChI is InChI=1S/C18H22N7/c1-5-16(19-21-17-12-8-9-13-23(17)2)20-22-18-24(3)14-10-6-7-11-15(14)25(18)4/h6-13H,5H2,1-4H3/q+1.